The molecule has 2 N–H and O–H groups in total. The maximum absolute atomic E-state index is 11.6. The number of nitrogens with zero attached hydrogens (tertiary/aromatic N) is 3. The van der Waals surface area contributed by atoms with Gasteiger partial charge in [-0.1, -0.05) is 0 Å². The summed E-state index contributed by atoms with van der Waals surface area (Å²) in [6.45, 7) is 4.98. The summed E-state index contributed by atoms with van der Waals surface area (Å²) in [5.74, 6) is 0. The van der Waals surface area contributed by atoms with Gasteiger partial charge in [-0.05, 0) is 56.5 Å². The van der Waals surface area contributed by atoms with Gasteiger partial charge in [0.2, 0.25) is 0 Å². The SMILES string of the molecule is O=CC(NCc1cc(CO)ccn1)N1CCC[C@@H]1CN1CCCC1. The maximum Gasteiger partial charge on any atom is 0.151 e. The number of aldehydes is 1. The standard InChI is InChI=1S/C18H28N4O2/c23-13-15-5-6-19-16(10-15)11-20-18(14-24)22-9-3-4-17(22)12-21-7-1-2-8-21/h5-6,10,14,17-18,20,23H,1-4,7-9,11-13H2/t17-,18?/m1/s1. The van der Waals surface area contributed by atoms with Crippen LogP contribution in [0, 0.1) is 0 Å². The van der Waals surface area contributed by atoms with E-state index in [1.54, 1.807) is 12.3 Å². The minimum absolute atomic E-state index is 0.0106. The van der Waals surface area contributed by atoms with Crippen molar-refractivity contribution in [3.05, 3.63) is 29.6 Å². The number of aliphatic hydroxyl groups excluding tert-OH is 1. The third kappa shape index (κ3) is 4.39. The van der Waals surface area contributed by atoms with Crippen molar-refractivity contribution in [1.82, 2.24) is 20.1 Å². The van der Waals surface area contributed by atoms with E-state index in [9.17, 15) is 9.90 Å². The van der Waals surface area contributed by atoms with Gasteiger partial charge in [-0.3, -0.25) is 15.2 Å². The number of hydrogen-bond donors (Lipinski definition) is 2. The normalized spacial score (nSPS) is 23.6. The number of rotatable bonds is 8. The Labute approximate surface area is 143 Å². The molecule has 0 spiro atoms. The number of carbonyl (C=O) groups excluding carboxylic acids is 1. The van der Waals surface area contributed by atoms with Crippen LogP contribution in [-0.4, -0.2) is 64.6 Å². The number of carbonyl (C=O) groups is 1. The molecule has 0 amide bonds. The average Bonchev–Trinajstić information content (AvgIpc) is 3.29. The number of likely N-dealkylation sites (tertiary alicyclic amines) is 2. The van der Waals surface area contributed by atoms with E-state index in [4.69, 9.17) is 0 Å². The summed E-state index contributed by atoms with van der Waals surface area (Å²) in [6, 6.07) is 4.14. The molecule has 2 aliphatic heterocycles. The molecule has 1 aromatic heterocycles. The molecule has 1 unspecified atom stereocenters. The second-order valence-electron chi connectivity index (χ2n) is 6.82. The lowest BCUT2D eigenvalue weighted by atomic mass is 10.2. The summed E-state index contributed by atoms with van der Waals surface area (Å²) >= 11 is 0. The van der Waals surface area contributed by atoms with Crippen LogP contribution >= 0.6 is 0 Å². The zero-order chi connectivity index (χ0) is 16.8. The van der Waals surface area contributed by atoms with Crippen LogP contribution in [0.4, 0.5) is 0 Å². The van der Waals surface area contributed by atoms with Crippen molar-refractivity contribution in [3.63, 3.8) is 0 Å². The second-order valence-corrected chi connectivity index (χ2v) is 6.82. The summed E-state index contributed by atoms with van der Waals surface area (Å²) in [4.78, 5) is 20.8. The molecule has 2 saturated heterocycles. The fraction of sp³-hybridized carbons (Fsp3) is 0.667. The second kappa shape index (κ2) is 8.67. The fourth-order valence-electron chi connectivity index (χ4n) is 3.86. The van der Waals surface area contributed by atoms with Gasteiger partial charge in [-0.2, -0.15) is 0 Å². The Kier molecular flexibility index (Phi) is 6.31. The largest absolute Gasteiger partial charge is 0.392 e. The van der Waals surface area contributed by atoms with E-state index in [2.05, 4.69) is 20.1 Å². The monoisotopic (exact) mass is 332 g/mol. The van der Waals surface area contributed by atoms with Crippen LogP contribution < -0.4 is 5.32 Å². The summed E-state index contributed by atoms with van der Waals surface area (Å²) in [5, 5.41) is 12.5. The predicted octanol–water partition coefficient (Wildman–Crippen LogP) is 0.749. The Hall–Kier alpha value is -1.34. The van der Waals surface area contributed by atoms with Gasteiger partial charge in [0.15, 0.2) is 6.29 Å². The molecule has 2 fully saturated rings. The molecule has 6 nitrogen and oxygen atoms in total. The summed E-state index contributed by atoms with van der Waals surface area (Å²) < 4.78 is 0. The Bertz CT molecular complexity index is 534. The highest BCUT2D eigenvalue weighted by atomic mass is 16.3. The highest BCUT2D eigenvalue weighted by Gasteiger charge is 2.32. The Morgan fingerprint density at radius 1 is 1.33 bits per heavy atom. The number of aromatic nitrogens is 1. The number of aliphatic hydroxyl groups is 1. The third-order valence-electron chi connectivity index (χ3n) is 5.13. The third-order valence-corrected chi connectivity index (χ3v) is 5.13. The van der Waals surface area contributed by atoms with Gasteiger partial charge in [-0.15, -0.1) is 0 Å². The highest BCUT2D eigenvalue weighted by Crippen LogP contribution is 2.21. The van der Waals surface area contributed by atoms with Crippen LogP contribution in [0.25, 0.3) is 0 Å². The Balaban J connectivity index is 1.56. The minimum Gasteiger partial charge on any atom is -0.392 e. The molecule has 0 aliphatic carbocycles. The van der Waals surface area contributed by atoms with E-state index in [1.165, 1.54) is 32.4 Å². The quantitative estimate of drug-likeness (QED) is 0.685. The van der Waals surface area contributed by atoms with Crippen LogP contribution in [0.15, 0.2) is 18.3 Å². The molecule has 1 aromatic rings. The molecule has 132 valence electrons. The van der Waals surface area contributed by atoms with E-state index in [0.29, 0.717) is 12.6 Å². The van der Waals surface area contributed by atoms with Crippen molar-refractivity contribution in [1.29, 1.82) is 0 Å². The fourth-order valence-corrected chi connectivity index (χ4v) is 3.86. The van der Waals surface area contributed by atoms with Crippen molar-refractivity contribution < 1.29 is 9.90 Å². The average molecular weight is 332 g/mol. The van der Waals surface area contributed by atoms with Crippen LogP contribution in [0.5, 0.6) is 0 Å². The van der Waals surface area contributed by atoms with Gasteiger partial charge >= 0.3 is 0 Å². The van der Waals surface area contributed by atoms with Crippen LogP contribution in [-0.2, 0) is 17.9 Å². The molecular formula is C18H28N4O2. The van der Waals surface area contributed by atoms with E-state index in [1.807, 2.05) is 6.07 Å². The lowest BCUT2D eigenvalue weighted by Gasteiger charge is -2.32. The molecule has 3 heterocycles. The first-order chi connectivity index (χ1) is 11.8. The van der Waals surface area contributed by atoms with Gasteiger partial charge in [0.25, 0.3) is 0 Å². The van der Waals surface area contributed by atoms with Crippen LogP contribution in [0.3, 0.4) is 0 Å². The lowest BCUT2D eigenvalue weighted by molar-refractivity contribution is -0.114. The van der Waals surface area contributed by atoms with Crippen LogP contribution in [0.1, 0.15) is 36.9 Å². The topological polar surface area (TPSA) is 68.7 Å². The number of nitrogens with one attached hydrogen (secondary N) is 1. The van der Waals surface area contributed by atoms with Gasteiger partial charge in [-0.25, -0.2) is 0 Å². The lowest BCUT2D eigenvalue weighted by Crippen LogP contribution is -2.51. The van der Waals surface area contributed by atoms with Crippen molar-refractivity contribution >= 4 is 6.29 Å². The zero-order valence-electron chi connectivity index (χ0n) is 14.2. The van der Waals surface area contributed by atoms with E-state index < -0.39 is 0 Å². The Morgan fingerprint density at radius 2 is 2.17 bits per heavy atom. The first-order valence-electron chi connectivity index (χ1n) is 9.01. The summed E-state index contributed by atoms with van der Waals surface area (Å²) in [6.07, 6.45) is 7.37. The van der Waals surface area contributed by atoms with Crippen LogP contribution in [0.2, 0.25) is 0 Å². The molecular weight excluding hydrogens is 304 g/mol. The Morgan fingerprint density at radius 3 is 2.92 bits per heavy atom. The van der Waals surface area contributed by atoms with Crippen molar-refractivity contribution in [2.75, 3.05) is 26.2 Å². The molecule has 0 aromatic carbocycles. The van der Waals surface area contributed by atoms with Crippen molar-refractivity contribution in [3.8, 4) is 0 Å². The predicted molar refractivity (Wildman–Crippen MR) is 92.3 cm³/mol. The first kappa shape index (κ1) is 17.5. The molecule has 6 heteroatoms. The highest BCUT2D eigenvalue weighted by molar-refractivity contribution is 5.57. The number of pyridine rings is 1. The number of hydrogen-bond acceptors (Lipinski definition) is 6. The van der Waals surface area contributed by atoms with Gasteiger partial charge in [0, 0.05) is 31.9 Å². The summed E-state index contributed by atoms with van der Waals surface area (Å²) in [5.41, 5.74) is 1.70. The van der Waals surface area contributed by atoms with Gasteiger partial charge in [0.05, 0.1) is 12.3 Å². The van der Waals surface area contributed by atoms with E-state index in [0.717, 1.165) is 37.1 Å². The molecule has 0 saturated carbocycles. The minimum atomic E-state index is -0.264. The van der Waals surface area contributed by atoms with Gasteiger partial charge < -0.3 is 14.8 Å². The molecule has 24 heavy (non-hydrogen) atoms. The smallest absolute Gasteiger partial charge is 0.151 e. The first-order valence-corrected chi connectivity index (χ1v) is 9.01. The van der Waals surface area contributed by atoms with Gasteiger partial charge in [0.1, 0.15) is 6.17 Å². The molecule has 2 atom stereocenters. The maximum atomic E-state index is 11.6. The molecule has 3 rings (SSSR count). The molecule has 0 radical (unpaired) electrons. The molecule has 0 bridgehead atoms. The van der Waals surface area contributed by atoms with Crippen molar-refractivity contribution in [2.45, 2.75) is 51.0 Å². The van der Waals surface area contributed by atoms with E-state index in [-0.39, 0.29) is 12.8 Å². The van der Waals surface area contributed by atoms with Crippen molar-refractivity contribution in [2.24, 2.45) is 0 Å². The zero-order valence-corrected chi connectivity index (χ0v) is 14.2. The summed E-state index contributed by atoms with van der Waals surface area (Å²) in [7, 11) is 0. The molecule has 2 aliphatic rings. The van der Waals surface area contributed by atoms with E-state index >= 15 is 0 Å².